The van der Waals surface area contributed by atoms with Crippen molar-refractivity contribution < 1.29 is 4.79 Å². The fourth-order valence-corrected chi connectivity index (χ4v) is 3.45. The van der Waals surface area contributed by atoms with Crippen LogP contribution in [0.1, 0.15) is 38.2 Å². The molecule has 4 heteroatoms. The molecule has 0 unspecified atom stereocenters. The monoisotopic (exact) mass is 315 g/mol. The number of hydrogen-bond donors (Lipinski definition) is 1. The SMILES string of the molecule is C[C@@H]1C[C@@H](N(C)C(=O)CNC2CC2)CCN1Cc1ccccc1. The summed E-state index contributed by atoms with van der Waals surface area (Å²) in [5, 5.41) is 3.33. The molecule has 1 aliphatic carbocycles. The fraction of sp³-hybridized carbons (Fsp3) is 0.632. The van der Waals surface area contributed by atoms with Crippen molar-refractivity contribution in [2.45, 2.75) is 57.3 Å². The van der Waals surface area contributed by atoms with Gasteiger partial charge in [-0.2, -0.15) is 0 Å². The van der Waals surface area contributed by atoms with Crippen molar-refractivity contribution >= 4 is 5.91 Å². The molecule has 2 aliphatic rings. The molecule has 2 atom stereocenters. The predicted molar refractivity (Wildman–Crippen MR) is 93.1 cm³/mol. The molecule has 4 nitrogen and oxygen atoms in total. The first-order valence-electron chi connectivity index (χ1n) is 8.90. The van der Waals surface area contributed by atoms with Crippen LogP contribution >= 0.6 is 0 Å². The van der Waals surface area contributed by atoms with Gasteiger partial charge in [0.15, 0.2) is 0 Å². The first-order valence-corrected chi connectivity index (χ1v) is 8.90. The Kier molecular flexibility index (Phi) is 5.34. The van der Waals surface area contributed by atoms with Crippen molar-refractivity contribution in [3.8, 4) is 0 Å². The summed E-state index contributed by atoms with van der Waals surface area (Å²) in [5.41, 5.74) is 1.37. The highest BCUT2D eigenvalue weighted by atomic mass is 16.2. The topological polar surface area (TPSA) is 35.6 Å². The van der Waals surface area contributed by atoms with Crippen LogP contribution in [0.4, 0.5) is 0 Å². The van der Waals surface area contributed by atoms with Crippen molar-refractivity contribution in [2.75, 3.05) is 20.1 Å². The van der Waals surface area contributed by atoms with Crippen molar-refractivity contribution in [1.29, 1.82) is 0 Å². The molecule has 23 heavy (non-hydrogen) atoms. The lowest BCUT2D eigenvalue weighted by Gasteiger charge is -2.41. The lowest BCUT2D eigenvalue weighted by Crippen LogP contribution is -2.50. The number of amides is 1. The summed E-state index contributed by atoms with van der Waals surface area (Å²) in [6.07, 6.45) is 4.60. The van der Waals surface area contributed by atoms with Crippen LogP contribution in [0.15, 0.2) is 30.3 Å². The molecule has 1 saturated heterocycles. The van der Waals surface area contributed by atoms with E-state index in [1.165, 1.54) is 18.4 Å². The number of rotatable bonds is 6. The minimum absolute atomic E-state index is 0.241. The Morgan fingerprint density at radius 3 is 2.65 bits per heavy atom. The van der Waals surface area contributed by atoms with Gasteiger partial charge in [0.25, 0.3) is 0 Å². The molecule has 1 saturated carbocycles. The third kappa shape index (κ3) is 4.55. The molecule has 1 N–H and O–H groups in total. The van der Waals surface area contributed by atoms with Crippen LogP contribution < -0.4 is 5.32 Å². The van der Waals surface area contributed by atoms with E-state index in [9.17, 15) is 4.79 Å². The second-order valence-corrected chi connectivity index (χ2v) is 7.14. The Hall–Kier alpha value is -1.39. The molecule has 2 fully saturated rings. The zero-order valence-electron chi connectivity index (χ0n) is 14.4. The molecular formula is C19H29N3O. The maximum absolute atomic E-state index is 12.3. The van der Waals surface area contributed by atoms with E-state index in [2.05, 4.69) is 47.5 Å². The fourth-order valence-electron chi connectivity index (χ4n) is 3.45. The van der Waals surface area contributed by atoms with Crippen molar-refractivity contribution in [3.05, 3.63) is 35.9 Å². The molecule has 1 aliphatic heterocycles. The van der Waals surface area contributed by atoms with Gasteiger partial charge in [0.1, 0.15) is 0 Å². The zero-order chi connectivity index (χ0) is 16.2. The van der Waals surface area contributed by atoms with Crippen LogP contribution in [-0.4, -0.2) is 54.0 Å². The van der Waals surface area contributed by atoms with Gasteiger partial charge in [-0.15, -0.1) is 0 Å². The second kappa shape index (κ2) is 7.45. The van der Waals surface area contributed by atoms with Gasteiger partial charge >= 0.3 is 0 Å². The number of hydrogen-bond acceptors (Lipinski definition) is 3. The van der Waals surface area contributed by atoms with Gasteiger partial charge in [-0.25, -0.2) is 0 Å². The molecule has 1 aromatic carbocycles. The highest BCUT2D eigenvalue weighted by molar-refractivity contribution is 5.78. The van der Waals surface area contributed by atoms with E-state index in [0.717, 1.165) is 25.9 Å². The summed E-state index contributed by atoms with van der Waals surface area (Å²) >= 11 is 0. The molecule has 1 heterocycles. The van der Waals surface area contributed by atoms with E-state index >= 15 is 0 Å². The highest BCUT2D eigenvalue weighted by Crippen LogP contribution is 2.23. The summed E-state index contributed by atoms with van der Waals surface area (Å²) in [6.45, 7) is 4.86. The molecule has 3 rings (SSSR count). The van der Waals surface area contributed by atoms with Gasteiger partial charge in [-0.05, 0) is 38.2 Å². The lowest BCUT2D eigenvalue weighted by atomic mass is 9.96. The smallest absolute Gasteiger partial charge is 0.236 e. The molecule has 0 bridgehead atoms. The highest BCUT2D eigenvalue weighted by Gasteiger charge is 2.30. The van der Waals surface area contributed by atoms with Gasteiger partial charge in [0.2, 0.25) is 5.91 Å². The Labute approximate surface area is 139 Å². The molecule has 126 valence electrons. The largest absolute Gasteiger partial charge is 0.342 e. The molecule has 0 spiro atoms. The predicted octanol–water partition coefficient (Wildman–Crippen LogP) is 2.25. The van der Waals surface area contributed by atoms with Crippen LogP contribution in [0.25, 0.3) is 0 Å². The standard InChI is InChI=1S/C19H29N3O/c1-15-12-18(21(2)19(23)13-20-17-8-9-17)10-11-22(15)14-16-6-4-3-5-7-16/h3-7,15,17-18,20H,8-14H2,1-2H3/t15-,18+/m1/s1. The van der Waals surface area contributed by atoms with Crippen LogP contribution in [0, 0.1) is 0 Å². The van der Waals surface area contributed by atoms with Gasteiger partial charge < -0.3 is 10.2 Å². The van der Waals surface area contributed by atoms with Gasteiger partial charge in [0, 0.05) is 38.3 Å². The third-order valence-electron chi connectivity index (χ3n) is 5.27. The van der Waals surface area contributed by atoms with Gasteiger partial charge in [-0.1, -0.05) is 30.3 Å². The molecule has 1 aromatic rings. The van der Waals surface area contributed by atoms with Crippen molar-refractivity contribution in [2.24, 2.45) is 0 Å². The van der Waals surface area contributed by atoms with E-state index in [4.69, 9.17) is 0 Å². The van der Waals surface area contributed by atoms with Crippen molar-refractivity contribution in [1.82, 2.24) is 15.1 Å². The summed E-state index contributed by atoms with van der Waals surface area (Å²) in [6, 6.07) is 12.1. The average molecular weight is 315 g/mol. The second-order valence-electron chi connectivity index (χ2n) is 7.14. The summed E-state index contributed by atoms with van der Waals surface area (Å²) in [5.74, 6) is 0.241. The molecular weight excluding hydrogens is 286 g/mol. The average Bonchev–Trinajstić information content (AvgIpc) is 3.39. The number of benzene rings is 1. The zero-order valence-corrected chi connectivity index (χ0v) is 14.4. The first-order chi connectivity index (χ1) is 11.1. The maximum atomic E-state index is 12.3. The first kappa shape index (κ1) is 16.5. The van der Waals surface area contributed by atoms with Gasteiger partial charge in [0.05, 0.1) is 6.54 Å². The number of likely N-dealkylation sites (tertiary alicyclic amines) is 1. The number of nitrogens with zero attached hydrogens (tertiary/aromatic N) is 2. The molecule has 0 aromatic heterocycles. The molecule has 0 radical (unpaired) electrons. The summed E-state index contributed by atoms with van der Waals surface area (Å²) < 4.78 is 0. The Morgan fingerprint density at radius 2 is 2.00 bits per heavy atom. The maximum Gasteiger partial charge on any atom is 0.236 e. The molecule has 1 amide bonds. The van der Waals surface area contributed by atoms with Crippen LogP contribution in [0.3, 0.4) is 0 Å². The normalized spacial score (nSPS) is 25.3. The summed E-state index contributed by atoms with van der Waals surface area (Å²) in [7, 11) is 1.97. The third-order valence-corrected chi connectivity index (χ3v) is 5.27. The lowest BCUT2D eigenvalue weighted by molar-refractivity contribution is -0.132. The quantitative estimate of drug-likeness (QED) is 0.874. The number of nitrogens with one attached hydrogen (secondary N) is 1. The van der Waals surface area contributed by atoms with Crippen LogP contribution in [0.5, 0.6) is 0 Å². The number of likely N-dealkylation sites (N-methyl/N-ethyl adjacent to an activating group) is 1. The Morgan fingerprint density at radius 1 is 1.26 bits per heavy atom. The van der Waals surface area contributed by atoms with Crippen LogP contribution in [-0.2, 0) is 11.3 Å². The van der Waals surface area contributed by atoms with E-state index in [1.807, 2.05) is 11.9 Å². The number of carbonyl (C=O) groups excluding carboxylic acids is 1. The number of piperidine rings is 1. The van der Waals surface area contributed by atoms with Gasteiger partial charge in [-0.3, -0.25) is 9.69 Å². The minimum Gasteiger partial charge on any atom is -0.342 e. The minimum atomic E-state index is 0.241. The Balaban J connectivity index is 1.48. The van der Waals surface area contributed by atoms with E-state index in [-0.39, 0.29) is 5.91 Å². The Bertz CT molecular complexity index is 515. The van der Waals surface area contributed by atoms with Crippen molar-refractivity contribution in [3.63, 3.8) is 0 Å². The summed E-state index contributed by atoms with van der Waals surface area (Å²) in [4.78, 5) is 16.8. The van der Waals surface area contributed by atoms with E-state index < -0.39 is 0 Å². The number of carbonyl (C=O) groups is 1. The van der Waals surface area contributed by atoms with E-state index in [0.29, 0.717) is 24.7 Å². The van der Waals surface area contributed by atoms with E-state index in [1.54, 1.807) is 0 Å². The van der Waals surface area contributed by atoms with Crippen LogP contribution in [0.2, 0.25) is 0 Å².